The minimum absolute atomic E-state index is 0.189. The normalized spacial score (nSPS) is 10.4. The highest BCUT2D eigenvalue weighted by Crippen LogP contribution is 2.15. The fraction of sp³-hybridized carbons (Fsp3) is 0.364. The number of halogens is 1. The Morgan fingerprint density at radius 2 is 2.17 bits per heavy atom. The summed E-state index contributed by atoms with van der Waals surface area (Å²) in [6.07, 6.45) is 1.15. The van der Waals surface area contributed by atoms with Gasteiger partial charge in [0, 0.05) is 17.6 Å². The van der Waals surface area contributed by atoms with Crippen LogP contribution in [0.25, 0.3) is 0 Å². The maximum Gasteiger partial charge on any atom is 0.224 e. The lowest BCUT2D eigenvalue weighted by Crippen LogP contribution is -2.08. The van der Waals surface area contributed by atoms with Crippen molar-refractivity contribution >= 4 is 23.1 Å². The van der Waals surface area contributed by atoms with Crippen LogP contribution < -0.4 is 10.6 Å². The number of nitrogens with one attached hydrogen (secondary N) is 2. The molecule has 5 nitrogen and oxygen atoms in total. The van der Waals surface area contributed by atoms with Gasteiger partial charge in [-0.2, -0.15) is 4.98 Å². The third kappa shape index (κ3) is 3.13. The molecule has 2 N–H and O–H groups in total. The summed E-state index contributed by atoms with van der Waals surface area (Å²) in [6.45, 7) is 5.00. The van der Waals surface area contributed by atoms with E-state index in [9.17, 15) is 4.39 Å². The van der Waals surface area contributed by atoms with Gasteiger partial charge < -0.3 is 10.6 Å². The Morgan fingerprint density at radius 3 is 2.83 bits per heavy atom. The number of aromatic nitrogens is 3. The van der Waals surface area contributed by atoms with E-state index in [1.54, 1.807) is 0 Å². The summed E-state index contributed by atoms with van der Waals surface area (Å²) in [6, 6.07) is 0. The van der Waals surface area contributed by atoms with Crippen molar-refractivity contribution in [2.45, 2.75) is 20.4 Å². The molecule has 0 saturated heterocycles. The molecular formula is C11H14FN5S. The molecule has 2 rings (SSSR count). The Hall–Kier alpha value is -1.76. The highest BCUT2D eigenvalue weighted by Gasteiger charge is 2.07. The van der Waals surface area contributed by atoms with Crippen LogP contribution >= 0.6 is 11.3 Å². The number of hydrogen-bond donors (Lipinski definition) is 2. The molecule has 0 radical (unpaired) electrons. The van der Waals surface area contributed by atoms with Crippen LogP contribution in [0.4, 0.5) is 16.2 Å². The van der Waals surface area contributed by atoms with Crippen LogP contribution in [0.15, 0.2) is 11.6 Å². The molecule has 0 spiro atoms. The van der Waals surface area contributed by atoms with Crippen LogP contribution in [-0.4, -0.2) is 21.5 Å². The van der Waals surface area contributed by atoms with Crippen LogP contribution in [-0.2, 0) is 6.54 Å². The average molecular weight is 267 g/mol. The SMILES string of the molecule is CCNc1ncc(F)c(NCc2nc(C)cs2)n1. The van der Waals surface area contributed by atoms with Gasteiger partial charge >= 0.3 is 0 Å². The minimum Gasteiger partial charge on any atom is -0.361 e. The van der Waals surface area contributed by atoms with E-state index >= 15 is 0 Å². The third-order valence-electron chi connectivity index (χ3n) is 2.15. The molecule has 0 unspecified atom stereocenters. The molecule has 0 amide bonds. The van der Waals surface area contributed by atoms with E-state index in [0.29, 0.717) is 19.0 Å². The minimum atomic E-state index is -0.468. The number of nitrogens with zero attached hydrogens (tertiary/aromatic N) is 3. The summed E-state index contributed by atoms with van der Waals surface area (Å²) in [7, 11) is 0. The van der Waals surface area contributed by atoms with Gasteiger partial charge in [0.05, 0.1) is 12.7 Å². The lowest BCUT2D eigenvalue weighted by molar-refractivity contribution is 0.617. The molecule has 0 aromatic carbocycles. The van der Waals surface area contributed by atoms with Crippen molar-refractivity contribution in [3.63, 3.8) is 0 Å². The lowest BCUT2D eigenvalue weighted by Gasteiger charge is -2.07. The Kier molecular flexibility index (Phi) is 4.03. The van der Waals surface area contributed by atoms with Crippen LogP contribution in [0, 0.1) is 12.7 Å². The molecule has 0 aliphatic carbocycles. The molecule has 0 atom stereocenters. The van der Waals surface area contributed by atoms with E-state index in [1.165, 1.54) is 11.3 Å². The lowest BCUT2D eigenvalue weighted by atomic mass is 10.5. The first-order chi connectivity index (χ1) is 8.69. The average Bonchev–Trinajstić information content (AvgIpc) is 2.76. The van der Waals surface area contributed by atoms with E-state index in [4.69, 9.17) is 0 Å². The second kappa shape index (κ2) is 5.72. The van der Waals surface area contributed by atoms with Crippen molar-refractivity contribution in [2.75, 3.05) is 17.2 Å². The van der Waals surface area contributed by atoms with Gasteiger partial charge in [-0.25, -0.2) is 14.4 Å². The van der Waals surface area contributed by atoms with Gasteiger partial charge in [0.25, 0.3) is 0 Å². The highest BCUT2D eigenvalue weighted by atomic mass is 32.1. The predicted octanol–water partition coefficient (Wildman–Crippen LogP) is 2.42. The molecule has 0 fully saturated rings. The van der Waals surface area contributed by atoms with Gasteiger partial charge in [0.15, 0.2) is 11.6 Å². The van der Waals surface area contributed by atoms with E-state index in [2.05, 4.69) is 25.6 Å². The van der Waals surface area contributed by atoms with Crippen molar-refractivity contribution in [3.8, 4) is 0 Å². The van der Waals surface area contributed by atoms with Gasteiger partial charge in [0.1, 0.15) is 5.01 Å². The van der Waals surface area contributed by atoms with Crippen molar-refractivity contribution < 1.29 is 4.39 Å². The molecular weight excluding hydrogens is 253 g/mol. The van der Waals surface area contributed by atoms with Gasteiger partial charge in [0.2, 0.25) is 5.95 Å². The number of anilines is 2. The van der Waals surface area contributed by atoms with Crippen molar-refractivity contribution in [3.05, 3.63) is 28.1 Å². The maximum absolute atomic E-state index is 13.5. The van der Waals surface area contributed by atoms with Crippen LogP contribution in [0.2, 0.25) is 0 Å². The Labute approximate surface area is 109 Å². The molecule has 96 valence electrons. The first-order valence-electron chi connectivity index (χ1n) is 5.60. The van der Waals surface area contributed by atoms with Gasteiger partial charge in [-0.1, -0.05) is 0 Å². The predicted molar refractivity (Wildman–Crippen MR) is 70.3 cm³/mol. The summed E-state index contributed by atoms with van der Waals surface area (Å²) in [4.78, 5) is 12.2. The third-order valence-corrected chi connectivity index (χ3v) is 3.12. The number of hydrogen-bond acceptors (Lipinski definition) is 6. The van der Waals surface area contributed by atoms with Crippen LogP contribution in [0.3, 0.4) is 0 Å². The zero-order valence-electron chi connectivity index (χ0n) is 10.2. The van der Waals surface area contributed by atoms with E-state index < -0.39 is 5.82 Å². The Balaban J connectivity index is 2.05. The molecule has 0 bridgehead atoms. The largest absolute Gasteiger partial charge is 0.361 e. The fourth-order valence-corrected chi connectivity index (χ4v) is 2.09. The molecule has 2 heterocycles. The van der Waals surface area contributed by atoms with Crippen molar-refractivity contribution in [1.29, 1.82) is 0 Å². The Morgan fingerprint density at radius 1 is 1.33 bits per heavy atom. The summed E-state index contributed by atoms with van der Waals surface area (Å²) in [5, 5.41) is 8.71. The van der Waals surface area contributed by atoms with Crippen molar-refractivity contribution in [2.24, 2.45) is 0 Å². The summed E-state index contributed by atoms with van der Waals surface area (Å²) < 4.78 is 13.5. The fourth-order valence-electron chi connectivity index (χ4n) is 1.38. The number of aryl methyl sites for hydroxylation is 1. The zero-order valence-corrected chi connectivity index (χ0v) is 11.0. The molecule has 0 aliphatic heterocycles. The first kappa shape index (κ1) is 12.7. The summed E-state index contributed by atoms with van der Waals surface area (Å²) in [5.41, 5.74) is 0.966. The summed E-state index contributed by atoms with van der Waals surface area (Å²) in [5.74, 6) is 0.135. The molecule has 18 heavy (non-hydrogen) atoms. The van der Waals surface area contributed by atoms with E-state index in [0.717, 1.165) is 16.9 Å². The first-order valence-corrected chi connectivity index (χ1v) is 6.48. The zero-order chi connectivity index (χ0) is 13.0. The number of thiazole rings is 1. The van der Waals surface area contributed by atoms with Gasteiger partial charge in [-0.05, 0) is 13.8 Å². The molecule has 2 aromatic rings. The monoisotopic (exact) mass is 267 g/mol. The molecule has 0 saturated carbocycles. The van der Waals surface area contributed by atoms with E-state index in [-0.39, 0.29) is 5.82 Å². The molecule has 2 aromatic heterocycles. The Bertz CT molecular complexity index is 528. The van der Waals surface area contributed by atoms with E-state index in [1.807, 2.05) is 19.2 Å². The second-order valence-electron chi connectivity index (χ2n) is 3.66. The summed E-state index contributed by atoms with van der Waals surface area (Å²) >= 11 is 1.53. The van der Waals surface area contributed by atoms with Gasteiger partial charge in [-0.3, -0.25) is 0 Å². The maximum atomic E-state index is 13.5. The quantitative estimate of drug-likeness (QED) is 0.871. The van der Waals surface area contributed by atoms with Gasteiger partial charge in [-0.15, -0.1) is 11.3 Å². The van der Waals surface area contributed by atoms with Crippen molar-refractivity contribution in [1.82, 2.24) is 15.0 Å². The second-order valence-corrected chi connectivity index (χ2v) is 4.60. The smallest absolute Gasteiger partial charge is 0.224 e. The molecule has 7 heteroatoms. The van der Waals surface area contributed by atoms with Crippen LogP contribution in [0.1, 0.15) is 17.6 Å². The molecule has 0 aliphatic rings. The number of rotatable bonds is 5. The van der Waals surface area contributed by atoms with Crippen LogP contribution in [0.5, 0.6) is 0 Å². The standard InChI is InChI=1S/C11H14FN5S/c1-3-13-11-15-4-8(12)10(17-11)14-5-9-16-7(2)6-18-9/h4,6H,3,5H2,1-2H3,(H2,13,14,15,17). The highest BCUT2D eigenvalue weighted by molar-refractivity contribution is 7.09. The topological polar surface area (TPSA) is 62.7 Å².